The second kappa shape index (κ2) is 8.29. The Morgan fingerprint density at radius 3 is 2.68 bits per heavy atom. The summed E-state index contributed by atoms with van der Waals surface area (Å²) in [6.45, 7) is 5.57. The molecule has 2 aliphatic rings. The number of nitrogens with zero attached hydrogens (tertiary/aromatic N) is 2. The molecule has 0 radical (unpaired) electrons. The van der Waals surface area contributed by atoms with Gasteiger partial charge in [0.25, 0.3) is 5.91 Å². The van der Waals surface area contributed by atoms with E-state index in [-0.39, 0.29) is 12.5 Å². The molecule has 2 aromatic carbocycles. The standard InChI is InChI=1S/C26H23Cl2N3O3/c1-26(2,3)34-25(33)31-12-10-20-23(24(31)32)21(14-6-7-16(27)17(28)13-14)22-15-5-4-11-29-18(15)8-9-19(22)30-20/h4-9,11,13,21,30H,10,12H2,1-3H3. The van der Waals surface area contributed by atoms with Gasteiger partial charge in [0, 0.05) is 47.4 Å². The van der Waals surface area contributed by atoms with Crippen molar-refractivity contribution in [1.29, 1.82) is 0 Å². The summed E-state index contributed by atoms with van der Waals surface area (Å²) >= 11 is 12.6. The third-order valence-electron chi connectivity index (χ3n) is 5.97. The quantitative estimate of drug-likeness (QED) is 0.415. The van der Waals surface area contributed by atoms with Crippen molar-refractivity contribution in [3.05, 3.63) is 81.1 Å². The first kappa shape index (κ1) is 22.7. The Kier molecular flexibility index (Phi) is 5.53. The van der Waals surface area contributed by atoms with Gasteiger partial charge in [-0.1, -0.05) is 35.3 Å². The van der Waals surface area contributed by atoms with E-state index in [1.165, 1.54) is 4.90 Å². The molecule has 1 aromatic heterocycles. The number of ether oxygens (including phenoxy) is 1. The van der Waals surface area contributed by atoms with Gasteiger partial charge in [0.15, 0.2) is 0 Å². The van der Waals surface area contributed by atoms with Gasteiger partial charge < -0.3 is 10.1 Å². The minimum absolute atomic E-state index is 0.234. The highest BCUT2D eigenvalue weighted by Gasteiger charge is 2.42. The third-order valence-corrected chi connectivity index (χ3v) is 6.71. The Hall–Kier alpha value is -3.09. The topological polar surface area (TPSA) is 71.5 Å². The Labute approximate surface area is 207 Å². The first-order valence-corrected chi connectivity index (χ1v) is 11.8. The molecule has 8 heteroatoms. The number of imide groups is 1. The first-order chi connectivity index (χ1) is 16.1. The zero-order valence-corrected chi connectivity index (χ0v) is 20.5. The van der Waals surface area contributed by atoms with E-state index in [0.717, 1.165) is 33.4 Å². The molecule has 0 spiro atoms. The van der Waals surface area contributed by atoms with E-state index in [4.69, 9.17) is 27.9 Å². The summed E-state index contributed by atoms with van der Waals surface area (Å²) in [5.41, 5.74) is 3.99. The van der Waals surface area contributed by atoms with Crippen molar-refractivity contribution < 1.29 is 14.3 Å². The predicted octanol–water partition coefficient (Wildman–Crippen LogP) is 6.52. The van der Waals surface area contributed by atoms with Crippen LogP contribution in [0.25, 0.3) is 10.9 Å². The lowest BCUT2D eigenvalue weighted by Crippen LogP contribution is -2.47. The second-order valence-corrected chi connectivity index (χ2v) is 10.2. The number of benzene rings is 2. The van der Waals surface area contributed by atoms with Gasteiger partial charge >= 0.3 is 6.09 Å². The molecule has 0 saturated heterocycles. The SMILES string of the molecule is CC(C)(C)OC(=O)N1CCC2=C(C1=O)C(c1ccc(Cl)c(Cl)c1)c1c(ccc3ncccc13)N2. The molecular formula is C26H23Cl2N3O3. The van der Waals surface area contributed by atoms with Crippen molar-refractivity contribution in [3.8, 4) is 0 Å². The van der Waals surface area contributed by atoms with Gasteiger partial charge in [-0.3, -0.25) is 9.78 Å². The number of aromatic nitrogens is 1. The van der Waals surface area contributed by atoms with Gasteiger partial charge in [-0.2, -0.15) is 0 Å². The smallest absolute Gasteiger partial charge is 0.417 e. The highest BCUT2D eigenvalue weighted by molar-refractivity contribution is 6.42. The van der Waals surface area contributed by atoms with Crippen LogP contribution in [0.2, 0.25) is 10.0 Å². The minimum atomic E-state index is -0.714. The van der Waals surface area contributed by atoms with Gasteiger partial charge in [-0.05, 0) is 62.2 Å². The number of hydrogen-bond donors (Lipinski definition) is 1. The normalized spacial score (nSPS) is 17.9. The molecule has 0 fully saturated rings. The predicted molar refractivity (Wildman–Crippen MR) is 133 cm³/mol. The Balaban J connectivity index is 1.70. The third kappa shape index (κ3) is 3.91. The lowest BCUT2D eigenvalue weighted by Gasteiger charge is -2.38. The summed E-state index contributed by atoms with van der Waals surface area (Å²) in [5, 5.41) is 5.19. The van der Waals surface area contributed by atoms with Crippen LogP contribution in [0, 0.1) is 0 Å². The van der Waals surface area contributed by atoms with Crippen LogP contribution in [0.15, 0.2) is 59.9 Å². The van der Waals surface area contributed by atoms with Crippen LogP contribution in [0.1, 0.15) is 44.2 Å². The molecule has 0 saturated carbocycles. The fraction of sp³-hybridized carbons (Fsp3) is 0.269. The van der Waals surface area contributed by atoms with E-state index in [1.54, 1.807) is 39.1 Å². The zero-order valence-electron chi connectivity index (χ0n) is 19.0. The van der Waals surface area contributed by atoms with E-state index in [1.807, 2.05) is 30.3 Å². The molecule has 1 N–H and O–H groups in total. The van der Waals surface area contributed by atoms with E-state index < -0.39 is 17.6 Å². The Morgan fingerprint density at radius 1 is 1.15 bits per heavy atom. The number of anilines is 1. The molecule has 2 amide bonds. The van der Waals surface area contributed by atoms with Crippen LogP contribution in [-0.2, 0) is 9.53 Å². The molecule has 34 heavy (non-hydrogen) atoms. The van der Waals surface area contributed by atoms with Crippen LogP contribution in [0.4, 0.5) is 10.5 Å². The zero-order chi connectivity index (χ0) is 24.2. The van der Waals surface area contributed by atoms with Gasteiger partial charge in [0.1, 0.15) is 5.60 Å². The van der Waals surface area contributed by atoms with E-state index in [0.29, 0.717) is 22.0 Å². The average Bonchev–Trinajstić information content (AvgIpc) is 2.78. The van der Waals surface area contributed by atoms with Crippen LogP contribution in [0.5, 0.6) is 0 Å². The van der Waals surface area contributed by atoms with E-state index in [2.05, 4.69) is 10.3 Å². The van der Waals surface area contributed by atoms with E-state index >= 15 is 0 Å². The number of amides is 2. The van der Waals surface area contributed by atoms with Crippen molar-refractivity contribution in [3.63, 3.8) is 0 Å². The maximum absolute atomic E-state index is 13.8. The number of nitrogens with one attached hydrogen (secondary N) is 1. The van der Waals surface area contributed by atoms with Crippen molar-refractivity contribution >= 4 is 51.8 Å². The van der Waals surface area contributed by atoms with Crippen LogP contribution in [0.3, 0.4) is 0 Å². The molecule has 3 aromatic rings. The molecule has 3 heterocycles. The number of carbonyl (C=O) groups is 2. The van der Waals surface area contributed by atoms with Crippen molar-refractivity contribution in [2.75, 3.05) is 11.9 Å². The van der Waals surface area contributed by atoms with Crippen molar-refractivity contribution in [2.24, 2.45) is 0 Å². The van der Waals surface area contributed by atoms with Crippen LogP contribution in [-0.4, -0.2) is 34.0 Å². The lowest BCUT2D eigenvalue weighted by atomic mass is 9.77. The number of pyridine rings is 1. The van der Waals surface area contributed by atoms with Gasteiger partial charge in [-0.25, -0.2) is 9.69 Å². The van der Waals surface area contributed by atoms with Gasteiger partial charge in [0.2, 0.25) is 0 Å². The second-order valence-electron chi connectivity index (χ2n) is 9.41. The number of fused-ring (bicyclic) bond motifs is 3. The molecule has 0 bridgehead atoms. The summed E-state index contributed by atoms with van der Waals surface area (Å²) in [4.78, 5) is 32.4. The fourth-order valence-corrected chi connectivity index (χ4v) is 4.89. The monoisotopic (exact) mass is 495 g/mol. The number of hydrogen-bond acceptors (Lipinski definition) is 5. The molecule has 1 atom stereocenters. The highest BCUT2D eigenvalue weighted by atomic mass is 35.5. The number of rotatable bonds is 1. The number of carbonyl (C=O) groups excluding carboxylic acids is 2. The van der Waals surface area contributed by atoms with Crippen LogP contribution < -0.4 is 5.32 Å². The van der Waals surface area contributed by atoms with Gasteiger partial charge in [-0.15, -0.1) is 0 Å². The molecule has 6 nitrogen and oxygen atoms in total. The van der Waals surface area contributed by atoms with E-state index in [9.17, 15) is 9.59 Å². The molecule has 1 unspecified atom stereocenters. The maximum Gasteiger partial charge on any atom is 0.417 e. The number of halogens is 2. The van der Waals surface area contributed by atoms with Crippen molar-refractivity contribution in [2.45, 2.75) is 38.7 Å². The molecule has 2 aliphatic heterocycles. The molecule has 5 rings (SSSR count). The molecular weight excluding hydrogens is 473 g/mol. The largest absolute Gasteiger partial charge is 0.443 e. The fourth-order valence-electron chi connectivity index (χ4n) is 4.58. The minimum Gasteiger partial charge on any atom is -0.443 e. The Morgan fingerprint density at radius 2 is 1.94 bits per heavy atom. The summed E-state index contributed by atoms with van der Waals surface area (Å²) in [5.74, 6) is -0.850. The average molecular weight is 496 g/mol. The van der Waals surface area contributed by atoms with Crippen molar-refractivity contribution in [1.82, 2.24) is 9.88 Å². The summed E-state index contributed by atoms with van der Waals surface area (Å²) in [6.07, 6.45) is 1.57. The Bertz CT molecular complexity index is 1380. The van der Waals surface area contributed by atoms with Gasteiger partial charge in [0.05, 0.1) is 15.6 Å². The van der Waals surface area contributed by atoms with Crippen LogP contribution >= 0.6 is 23.2 Å². The highest BCUT2D eigenvalue weighted by Crippen LogP contribution is 2.48. The molecule has 174 valence electrons. The maximum atomic E-state index is 13.8. The summed E-state index contributed by atoms with van der Waals surface area (Å²) in [7, 11) is 0. The molecule has 0 aliphatic carbocycles. The summed E-state index contributed by atoms with van der Waals surface area (Å²) < 4.78 is 5.52. The summed E-state index contributed by atoms with van der Waals surface area (Å²) in [6, 6.07) is 13.2. The first-order valence-electron chi connectivity index (χ1n) is 11.0. The lowest BCUT2D eigenvalue weighted by molar-refractivity contribution is -0.127.